The van der Waals surface area contributed by atoms with Gasteiger partial charge in [0, 0.05) is 0 Å². The van der Waals surface area contributed by atoms with E-state index in [1.165, 1.54) is 6.07 Å². The zero-order valence-corrected chi connectivity index (χ0v) is 23.1. The largest absolute Gasteiger partial charge is 0.482 e. The fourth-order valence-corrected chi connectivity index (χ4v) is 3.55. The Kier molecular flexibility index (Phi) is 12.5. The van der Waals surface area contributed by atoms with Crippen LogP contribution in [-0.4, -0.2) is 44.3 Å². The first-order valence-electron chi connectivity index (χ1n) is 13.5. The summed E-state index contributed by atoms with van der Waals surface area (Å²) in [4.78, 5) is 36.8. The molecule has 0 saturated heterocycles. The van der Waals surface area contributed by atoms with Gasteiger partial charge in [-0.15, -0.1) is 0 Å². The minimum absolute atomic E-state index is 0.122. The summed E-state index contributed by atoms with van der Waals surface area (Å²) in [6, 6.07) is 21.4. The molecule has 3 aromatic carbocycles. The van der Waals surface area contributed by atoms with E-state index in [9.17, 15) is 14.4 Å². The van der Waals surface area contributed by atoms with Gasteiger partial charge in [-0.25, -0.2) is 14.4 Å². The molecule has 0 N–H and O–H groups in total. The Morgan fingerprint density at radius 1 is 0.625 bits per heavy atom. The molecule has 8 nitrogen and oxygen atoms in total. The molecule has 212 valence electrons. The molecule has 0 aliphatic rings. The van der Waals surface area contributed by atoms with Gasteiger partial charge in [0.1, 0.15) is 18.1 Å². The van der Waals surface area contributed by atoms with Crippen molar-refractivity contribution in [2.24, 2.45) is 0 Å². The van der Waals surface area contributed by atoms with E-state index in [0.29, 0.717) is 30.3 Å². The fraction of sp³-hybridized carbons (Fsp3) is 0.344. The maximum Gasteiger partial charge on any atom is 0.344 e. The van der Waals surface area contributed by atoms with Crippen molar-refractivity contribution >= 4 is 17.9 Å². The van der Waals surface area contributed by atoms with Crippen molar-refractivity contribution in [1.82, 2.24) is 0 Å². The zero-order chi connectivity index (χ0) is 28.6. The van der Waals surface area contributed by atoms with Gasteiger partial charge in [-0.1, -0.05) is 69.2 Å². The van der Waals surface area contributed by atoms with Gasteiger partial charge in [-0.05, 0) is 59.9 Å². The summed E-state index contributed by atoms with van der Waals surface area (Å²) in [5.74, 6) is -0.605. The molecule has 0 heterocycles. The third-order valence-electron chi connectivity index (χ3n) is 5.78. The standard InChI is InChI=1S/C32H36O8/c1-3-5-16-36-30(33)22-38-28-14-12-25(13-15-28)26-18-27(32(35)40-21-24-10-8-7-9-11-24)20-29(19-26)39-23-31(34)37-17-6-4-2/h7-15,18-20H,3-6,16-17,21-23H2,1-2H3. The first-order chi connectivity index (χ1) is 19.5. The first kappa shape index (κ1) is 30.2. The van der Waals surface area contributed by atoms with E-state index in [1.54, 1.807) is 36.4 Å². The highest BCUT2D eigenvalue weighted by atomic mass is 16.6. The fourth-order valence-electron chi connectivity index (χ4n) is 3.55. The molecule has 0 aliphatic heterocycles. The molecule has 0 atom stereocenters. The average Bonchev–Trinajstić information content (AvgIpc) is 2.98. The minimum Gasteiger partial charge on any atom is -0.482 e. The topological polar surface area (TPSA) is 97.4 Å². The number of hydrogen-bond acceptors (Lipinski definition) is 8. The molecule has 0 unspecified atom stereocenters. The van der Waals surface area contributed by atoms with Crippen molar-refractivity contribution in [3.8, 4) is 22.6 Å². The number of carbonyl (C=O) groups excluding carboxylic acids is 3. The van der Waals surface area contributed by atoms with E-state index in [1.807, 2.05) is 44.2 Å². The molecule has 0 aliphatic carbocycles. The van der Waals surface area contributed by atoms with Crippen molar-refractivity contribution in [3.63, 3.8) is 0 Å². The number of unbranched alkanes of at least 4 members (excludes halogenated alkanes) is 2. The van der Waals surface area contributed by atoms with Crippen LogP contribution in [0, 0.1) is 0 Å². The average molecular weight is 549 g/mol. The molecule has 3 rings (SSSR count). The second kappa shape index (κ2) is 16.6. The molecule has 0 amide bonds. The number of rotatable bonds is 16. The number of carbonyl (C=O) groups is 3. The number of ether oxygens (including phenoxy) is 5. The van der Waals surface area contributed by atoms with E-state index in [2.05, 4.69) is 0 Å². The van der Waals surface area contributed by atoms with Gasteiger partial charge in [0.2, 0.25) is 0 Å². The van der Waals surface area contributed by atoms with Crippen molar-refractivity contribution < 1.29 is 38.1 Å². The van der Waals surface area contributed by atoms with Gasteiger partial charge >= 0.3 is 17.9 Å². The van der Waals surface area contributed by atoms with Gasteiger partial charge in [-0.3, -0.25) is 0 Å². The molecule has 40 heavy (non-hydrogen) atoms. The Morgan fingerprint density at radius 3 is 1.82 bits per heavy atom. The summed E-state index contributed by atoms with van der Waals surface area (Å²) < 4.78 is 27.0. The maximum absolute atomic E-state index is 12.9. The molecule has 3 aromatic rings. The predicted molar refractivity (Wildman–Crippen MR) is 150 cm³/mol. The molecule has 0 saturated carbocycles. The summed E-state index contributed by atoms with van der Waals surface area (Å²) in [6.45, 7) is 4.40. The normalized spacial score (nSPS) is 10.4. The third-order valence-corrected chi connectivity index (χ3v) is 5.78. The Morgan fingerprint density at radius 2 is 1.23 bits per heavy atom. The van der Waals surface area contributed by atoms with Crippen molar-refractivity contribution in [1.29, 1.82) is 0 Å². The van der Waals surface area contributed by atoms with E-state index >= 15 is 0 Å². The predicted octanol–water partition coefficient (Wildman–Crippen LogP) is 6.15. The van der Waals surface area contributed by atoms with Crippen LogP contribution in [0.4, 0.5) is 0 Å². The molecule has 0 aromatic heterocycles. The van der Waals surface area contributed by atoms with Gasteiger partial charge in [0.25, 0.3) is 0 Å². The Bertz CT molecular complexity index is 1220. The van der Waals surface area contributed by atoms with E-state index in [-0.39, 0.29) is 25.4 Å². The number of esters is 3. The van der Waals surface area contributed by atoms with Crippen molar-refractivity contribution in [3.05, 3.63) is 83.9 Å². The molecule has 0 spiro atoms. The van der Waals surface area contributed by atoms with Crippen LogP contribution in [0.15, 0.2) is 72.8 Å². The van der Waals surface area contributed by atoms with Crippen LogP contribution in [0.1, 0.15) is 55.5 Å². The summed E-state index contributed by atoms with van der Waals surface area (Å²) in [7, 11) is 0. The third kappa shape index (κ3) is 10.4. The van der Waals surface area contributed by atoms with Crippen LogP contribution in [-0.2, 0) is 30.4 Å². The van der Waals surface area contributed by atoms with Crippen molar-refractivity contribution in [2.75, 3.05) is 26.4 Å². The molecule has 0 fully saturated rings. The van der Waals surface area contributed by atoms with E-state index in [4.69, 9.17) is 23.7 Å². The Labute approximate surface area is 235 Å². The van der Waals surface area contributed by atoms with E-state index in [0.717, 1.165) is 36.8 Å². The lowest BCUT2D eigenvalue weighted by molar-refractivity contribution is -0.146. The second-order valence-electron chi connectivity index (χ2n) is 9.06. The highest BCUT2D eigenvalue weighted by Gasteiger charge is 2.14. The first-order valence-corrected chi connectivity index (χ1v) is 13.5. The Hall–Kier alpha value is -4.33. The summed E-state index contributed by atoms with van der Waals surface area (Å²) >= 11 is 0. The smallest absolute Gasteiger partial charge is 0.344 e. The lowest BCUT2D eigenvalue weighted by Crippen LogP contribution is -2.16. The Balaban J connectivity index is 1.72. The molecule has 0 radical (unpaired) electrons. The molecular formula is C32H36O8. The van der Waals surface area contributed by atoms with Gasteiger partial charge in [0.05, 0.1) is 18.8 Å². The monoisotopic (exact) mass is 548 g/mol. The second-order valence-corrected chi connectivity index (χ2v) is 9.06. The van der Waals surface area contributed by atoms with Gasteiger partial charge in [-0.2, -0.15) is 0 Å². The lowest BCUT2D eigenvalue weighted by Gasteiger charge is -2.12. The van der Waals surface area contributed by atoms with Crippen LogP contribution in [0.2, 0.25) is 0 Å². The summed E-state index contributed by atoms with van der Waals surface area (Å²) in [6.07, 6.45) is 3.44. The summed E-state index contributed by atoms with van der Waals surface area (Å²) in [5.41, 5.74) is 2.58. The number of benzene rings is 3. The minimum atomic E-state index is -0.525. The van der Waals surface area contributed by atoms with Crippen LogP contribution in [0.25, 0.3) is 11.1 Å². The summed E-state index contributed by atoms with van der Waals surface area (Å²) in [5, 5.41) is 0. The lowest BCUT2D eigenvalue weighted by atomic mass is 10.0. The van der Waals surface area contributed by atoms with Gasteiger partial charge in [0.15, 0.2) is 13.2 Å². The van der Waals surface area contributed by atoms with E-state index < -0.39 is 17.9 Å². The highest BCUT2D eigenvalue weighted by molar-refractivity contribution is 5.92. The number of hydrogen-bond donors (Lipinski definition) is 0. The van der Waals surface area contributed by atoms with Gasteiger partial charge < -0.3 is 23.7 Å². The maximum atomic E-state index is 12.9. The highest BCUT2D eigenvalue weighted by Crippen LogP contribution is 2.28. The van der Waals surface area contributed by atoms with Crippen LogP contribution in [0.3, 0.4) is 0 Å². The van der Waals surface area contributed by atoms with Crippen LogP contribution in [0.5, 0.6) is 11.5 Å². The van der Waals surface area contributed by atoms with Crippen LogP contribution >= 0.6 is 0 Å². The molecular weight excluding hydrogens is 512 g/mol. The molecule has 0 bridgehead atoms. The zero-order valence-electron chi connectivity index (χ0n) is 23.1. The SMILES string of the molecule is CCCCOC(=O)COc1ccc(-c2cc(OCC(=O)OCCCC)cc(C(=O)OCc3ccccc3)c2)cc1. The van der Waals surface area contributed by atoms with Crippen LogP contribution < -0.4 is 9.47 Å². The molecule has 8 heteroatoms. The van der Waals surface area contributed by atoms with Crippen molar-refractivity contribution in [2.45, 2.75) is 46.1 Å². The quantitative estimate of drug-likeness (QED) is 0.119.